The maximum atomic E-state index is 11.2. The molecule has 0 atom stereocenters. The molecule has 0 unspecified atom stereocenters. The van der Waals surface area contributed by atoms with Crippen LogP contribution in [0.3, 0.4) is 0 Å². The lowest BCUT2D eigenvalue weighted by atomic mass is 10.3. The van der Waals surface area contributed by atoms with Gasteiger partial charge in [-0.05, 0) is 27.7 Å². The van der Waals surface area contributed by atoms with Crippen molar-refractivity contribution in [1.82, 2.24) is 0 Å². The van der Waals surface area contributed by atoms with Gasteiger partial charge in [-0.2, -0.15) is 0 Å². The first kappa shape index (κ1) is 16.1. The molecule has 0 heterocycles. The second-order valence-electron chi connectivity index (χ2n) is 3.69. The van der Waals surface area contributed by atoms with Gasteiger partial charge in [-0.1, -0.05) is 0 Å². The van der Waals surface area contributed by atoms with Crippen LogP contribution in [0.1, 0.15) is 27.7 Å². The van der Waals surface area contributed by atoms with E-state index in [0.717, 1.165) is 6.08 Å². The van der Waals surface area contributed by atoms with Crippen LogP contribution < -0.4 is 0 Å². The number of carbonyl (C=O) groups is 3. The molecule has 0 fully saturated rings. The van der Waals surface area contributed by atoms with Crippen LogP contribution >= 0.6 is 0 Å². The molecule has 0 aromatic heterocycles. The van der Waals surface area contributed by atoms with Gasteiger partial charge in [-0.3, -0.25) is 0 Å². The quantitative estimate of drug-likeness (QED) is 0.401. The molecule has 0 aromatic rings. The summed E-state index contributed by atoms with van der Waals surface area (Å²) in [5, 5.41) is 0. The number of rotatable bonds is 6. The molecule has 0 rings (SSSR count). The van der Waals surface area contributed by atoms with Crippen LogP contribution in [0.4, 0.5) is 0 Å². The van der Waals surface area contributed by atoms with Crippen LogP contribution in [0.25, 0.3) is 0 Å². The minimum absolute atomic E-state index is 0.110. The Kier molecular flexibility index (Phi) is 7.42. The summed E-state index contributed by atoms with van der Waals surface area (Å²) >= 11 is 0. The van der Waals surface area contributed by atoms with Gasteiger partial charge in [-0.15, -0.1) is 0 Å². The van der Waals surface area contributed by atoms with E-state index in [4.69, 9.17) is 4.74 Å². The van der Waals surface area contributed by atoms with Crippen molar-refractivity contribution in [2.24, 2.45) is 0 Å². The van der Waals surface area contributed by atoms with Gasteiger partial charge < -0.3 is 14.2 Å². The molecule has 6 heteroatoms. The highest BCUT2D eigenvalue weighted by molar-refractivity contribution is 5.96. The van der Waals surface area contributed by atoms with Gasteiger partial charge in [0.15, 0.2) is 6.61 Å². The molecule has 6 nitrogen and oxygen atoms in total. The highest BCUT2D eigenvalue weighted by Gasteiger charge is 2.11. The van der Waals surface area contributed by atoms with E-state index in [1.54, 1.807) is 20.8 Å². The highest BCUT2D eigenvalue weighted by Crippen LogP contribution is 1.98. The van der Waals surface area contributed by atoms with E-state index in [9.17, 15) is 14.4 Å². The van der Waals surface area contributed by atoms with Crippen LogP contribution in [0.2, 0.25) is 0 Å². The van der Waals surface area contributed by atoms with Gasteiger partial charge in [0, 0.05) is 11.6 Å². The number of esters is 3. The van der Waals surface area contributed by atoms with Crippen LogP contribution in [-0.2, 0) is 28.6 Å². The summed E-state index contributed by atoms with van der Waals surface area (Å²) in [6.45, 7) is 6.19. The Balaban J connectivity index is 4.14. The summed E-state index contributed by atoms with van der Waals surface area (Å²) in [5.41, 5.74) is 0.110. The van der Waals surface area contributed by atoms with E-state index in [1.165, 1.54) is 6.92 Å². The van der Waals surface area contributed by atoms with E-state index in [2.05, 4.69) is 9.47 Å². The summed E-state index contributed by atoms with van der Waals surface area (Å²) < 4.78 is 14.0. The van der Waals surface area contributed by atoms with Crippen molar-refractivity contribution in [3.05, 3.63) is 11.6 Å². The van der Waals surface area contributed by atoms with E-state index in [1.807, 2.05) is 0 Å². The fourth-order valence-corrected chi connectivity index (χ4v) is 0.949. The lowest BCUT2D eigenvalue weighted by Crippen LogP contribution is -2.19. The minimum Gasteiger partial charge on any atom is -0.463 e. The smallest absolute Gasteiger partial charge is 0.344 e. The molecule has 0 bridgehead atoms. The Morgan fingerprint density at radius 2 is 1.78 bits per heavy atom. The van der Waals surface area contributed by atoms with Crippen molar-refractivity contribution in [2.45, 2.75) is 33.8 Å². The van der Waals surface area contributed by atoms with Gasteiger partial charge in [0.2, 0.25) is 0 Å². The molecular formula is C12H18O6. The van der Waals surface area contributed by atoms with Crippen molar-refractivity contribution < 1.29 is 28.6 Å². The first-order valence-electron chi connectivity index (χ1n) is 5.58. The van der Waals surface area contributed by atoms with Crippen LogP contribution in [0.15, 0.2) is 11.6 Å². The van der Waals surface area contributed by atoms with Gasteiger partial charge in [0.1, 0.15) is 0 Å². The molecule has 0 N–H and O–H groups in total. The predicted molar refractivity (Wildman–Crippen MR) is 62.6 cm³/mol. The average molecular weight is 258 g/mol. The molecule has 0 aliphatic heterocycles. The third-order valence-corrected chi connectivity index (χ3v) is 1.63. The standard InChI is InChI=1S/C12H18O6/c1-5-16-12(15)9(4)6-10(13)17-7-11(14)18-8(2)3/h6,8H,5,7H2,1-4H3/b9-6-. The van der Waals surface area contributed by atoms with E-state index in [0.29, 0.717) is 0 Å². The van der Waals surface area contributed by atoms with Crippen LogP contribution in [0.5, 0.6) is 0 Å². The highest BCUT2D eigenvalue weighted by atomic mass is 16.6. The number of ether oxygens (including phenoxy) is 3. The minimum atomic E-state index is -0.791. The molecule has 0 saturated carbocycles. The zero-order valence-electron chi connectivity index (χ0n) is 11.0. The van der Waals surface area contributed by atoms with Crippen molar-refractivity contribution in [2.75, 3.05) is 13.2 Å². The lowest BCUT2D eigenvalue weighted by molar-refractivity contribution is -0.158. The predicted octanol–water partition coefficient (Wildman–Crippen LogP) is 0.991. The molecule has 18 heavy (non-hydrogen) atoms. The van der Waals surface area contributed by atoms with Crippen LogP contribution in [0, 0.1) is 0 Å². The average Bonchev–Trinajstić information content (AvgIpc) is 2.25. The molecule has 0 radical (unpaired) electrons. The van der Waals surface area contributed by atoms with Gasteiger partial charge in [0.25, 0.3) is 0 Å². The van der Waals surface area contributed by atoms with Gasteiger partial charge in [0.05, 0.1) is 12.7 Å². The van der Waals surface area contributed by atoms with Crippen LogP contribution in [-0.4, -0.2) is 37.2 Å². The van der Waals surface area contributed by atoms with Gasteiger partial charge in [-0.25, -0.2) is 14.4 Å². The fourth-order valence-electron chi connectivity index (χ4n) is 0.949. The molecule has 0 spiro atoms. The topological polar surface area (TPSA) is 78.9 Å². The number of carbonyl (C=O) groups excluding carboxylic acids is 3. The Bertz CT molecular complexity index is 342. The number of hydrogen-bond acceptors (Lipinski definition) is 6. The molecule has 0 amide bonds. The van der Waals surface area contributed by atoms with Crippen molar-refractivity contribution >= 4 is 17.9 Å². The summed E-state index contributed by atoms with van der Waals surface area (Å²) in [4.78, 5) is 33.5. The summed E-state index contributed by atoms with van der Waals surface area (Å²) in [6.07, 6.45) is 0.703. The summed E-state index contributed by atoms with van der Waals surface area (Å²) in [6, 6.07) is 0. The van der Waals surface area contributed by atoms with Gasteiger partial charge >= 0.3 is 17.9 Å². The SMILES string of the molecule is CCOC(=O)/C(C)=C\C(=O)OCC(=O)OC(C)C. The molecule has 0 saturated heterocycles. The normalized spacial score (nSPS) is 11.1. The molecule has 0 aliphatic carbocycles. The van der Waals surface area contributed by atoms with E-state index >= 15 is 0 Å². The van der Waals surface area contributed by atoms with Crippen molar-refractivity contribution in [1.29, 1.82) is 0 Å². The fraction of sp³-hybridized carbons (Fsp3) is 0.583. The monoisotopic (exact) mass is 258 g/mol. The first-order valence-corrected chi connectivity index (χ1v) is 5.58. The second-order valence-corrected chi connectivity index (χ2v) is 3.69. The molecular weight excluding hydrogens is 240 g/mol. The second kappa shape index (κ2) is 8.27. The third kappa shape index (κ3) is 7.43. The Labute approximate surface area is 106 Å². The van der Waals surface area contributed by atoms with E-state index in [-0.39, 0.29) is 18.3 Å². The Morgan fingerprint density at radius 1 is 1.17 bits per heavy atom. The third-order valence-electron chi connectivity index (χ3n) is 1.63. The summed E-state index contributed by atoms with van der Waals surface area (Å²) in [5.74, 6) is -2.03. The molecule has 0 aliphatic rings. The van der Waals surface area contributed by atoms with E-state index < -0.39 is 24.5 Å². The van der Waals surface area contributed by atoms with Crippen molar-refractivity contribution in [3.63, 3.8) is 0 Å². The zero-order chi connectivity index (χ0) is 14.1. The maximum Gasteiger partial charge on any atom is 0.344 e. The summed E-state index contributed by atoms with van der Waals surface area (Å²) in [7, 11) is 0. The molecule has 0 aromatic carbocycles. The lowest BCUT2D eigenvalue weighted by Gasteiger charge is -2.07. The molecule has 102 valence electrons. The maximum absolute atomic E-state index is 11.2. The largest absolute Gasteiger partial charge is 0.463 e. The first-order chi connectivity index (χ1) is 8.36. The Hall–Kier alpha value is -1.85. The number of hydrogen-bond donors (Lipinski definition) is 0. The Morgan fingerprint density at radius 3 is 2.28 bits per heavy atom. The zero-order valence-corrected chi connectivity index (χ0v) is 11.0. The van der Waals surface area contributed by atoms with Crippen molar-refractivity contribution in [3.8, 4) is 0 Å².